The van der Waals surface area contributed by atoms with Crippen LogP contribution in [0.1, 0.15) is 48.0 Å². The zero-order valence-electron chi connectivity index (χ0n) is 13.0. The summed E-state index contributed by atoms with van der Waals surface area (Å²) in [5.74, 6) is 0.504. The predicted molar refractivity (Wildman–Crippen MR) is 76.8 cm³/mol. The molecule has 106 valence electrons. The van der Waals surface area contributed by atoms with Gasteiger partial charge in [0.25, 0.3) is 0 Å². The Kier molecular flexibility index (Phi) is 4.96. The lowest BCUT2D eigenvalue weighted by atomic mass is 9.73. The van der Waals surface area contributed by atoms with Crippen LogP contribution in [-0.2, 0) is 4.79 Å². The molecule has 1 saturated heterocycles. The van der Waals surface area contributed by atoms with E-state index in [1.165, 1.54) is 0 Å². The van der Waals surface area contributed by atoms with Crippen LogP contribution < -0.4 is 5.32 Å². The maximum Gasteiger partial charge on any atom is 0.141 e. The van der Waals surface area contributed by atoms with Crippen molar-refractivity contribution in [2.24, 2.45) is 11.3 Å². The van der Waals surface area contributed by atoms with E-state index < -0.39 is 0 Å². The number of nitrogens with zero attached hydrogens (tertiary/aromatic N) is 1. The van der Waals surface area contributed by atoms with Gasteiger partial charge in [0, 0.05) is 43.1 Å². The standard InChI is InChI=1S/C15H30N2O/c1-12(2)13(18)14(3,4)11-15(5,6)17-9-7-16-8-10-17/h12,16H,7-11H2,1-6H3. The van der Waals surface area contributed by atoms with Gasteiger partial charge in [0.15, 0.2) is 0 Å². The lowest BCUT2D eigenvalue weighted by Gasteiger charge is -2.45. The molecule has 0 aromatic heterocycles. The fraction of sp³-hybridized carbons (Fsp3) is 0.933. The van der Waals surface area contributed by atoms with E-state index in [9.17, 15) is 4.79 Å². The molecule has 0 atom stereocenters. The van der Waals surface area contributed by atoms with Gasteiger partial charge in [-0.3, -0.25) is 9.69 Å². The Bertz CT molecular complexity index is 289. The highest BCUT2D eigenvalue weighted by molar-refractivity contribution is 5.85. The number of piperazine rings is 1. The molecule has 1 heterocycles. The van der Waals surface area contributed by atoms with Crippen LogP contribution in [0.4, 0.5) is 0 Å². The van der Waals surface area contributed by atoms with Gasteiger partial charge in [0.1, 0.15) is 5.78 Å². The zero-order valence-corrected chi connectivity index (χ0v) is 13.0. The van der Waals surface area contributed by atoms with Crippen molar-refractivity contribution in [3.8, 4) is 0 Å². The van der Waals surface area contributed by atoms with E-state index >= 15 is 0 Å². The van der Waals surface area contributed by atoms with Gasteiger partial charge in [0.05, 0.1) is 0 Å². The average Bonchev–Trinajstić information content (AvgIpc) is 2.27. The molecule has 1 fully saturated rings. The van der Waals surface area contributed by atoms with E-state index in [0.717, 1.165) is 32.6 Å². The van der Waals surface area contributed by atoms with Crippen LogP contribution >= 0.6 is 0 Å². The van der Waals surface area contributed by atoms with Gasteiger partial charge in [-0.1, -0.05) is 27.7 Å². The van der Waals surface area contributed by atoms with Gasteiger partial charge in [-0.15, -0.1) is 0 Å². The van der Waals surface area contributed by atoms with Gasteiger partial charge < -0.3 is 5.32 Å². The van der Waals surface area contributed by atoms with E-state index in [1.54, 1.807) is 0 Å². The number of carbonyl (C=O) groups excluding carboxylic acids is 1. The summed E-state index contributed by atoms with van der Waals surface area (Å²) in [5, 5.41) is 3.38. The highest BCUT2D eigenvalue weighted by Gasteiger charge is 2.38. The summed E-state index contributed by atoms with van der Waals surface area (Å²) in [4.78, 5) is 14.8. The molecule has 0 saturated carbocycles. The fourth-order valence-electron chi connectivity index (χ4n) is 3.33. The van der Waals surface area contributed by atoms with Gasteiger partial charge >= 0.3 is 0 Å². The molecule has 0 aliphatic carbocycles. The maximum atomic E-state index is 12.3. The van der Waals surface area contributed by atoms with Crippen LogP contribution in [0.3, 0.4) is 0 Å². The van der Waals surface area contributed by atoms with E-state index in [1.807, 2.05) is 13.8 Å². The van der Waals surface area contributed by atoms with Crippen molar-refractivity contribution in [2.75, 3.05) is 26.2 Å². The predicted octanol–water partition coefficient (Wildman–Crippen LogP) is 2.31. The summed E-state index contributed by atoms with van der Waals surface area (Å²) in [6.07, 6.45) is 0.928. The Balaban J connectivity index is 2.71. The van der Waals surface area contributed by atoms with Gasteiger partial charge in [0.2, 0.25) is 0 Å². The molecular weight excluding hydrogens is 224 g/mol. The first kappa shape index (κ1) is 15.6. The molecule has 1 rings (SSSR count). The summed E-state index contributed by atoms with van der Waals surface area (Å²) in [6.45, 7) is 17.0. The molecule has 0 aromatic rings. The Labute approximate surface area is 112 Å². The highest BCUT2D eigenvalue weighted by atomic mass is 16.1. The van der Waals surface area contributed by atoms with Crippen molar-refractivity contribution in [1.29, 1.82) is 0 Å². The summed E-state index contributed by atoms with van der Waals surface area (Å²) in [5.41, 5.74) is -0.140. The van der Waals surface area contributed by atoms with Crippen molar-refractivity contribution in [3.63, 3.8) is 0 Å². The number of nitrogens with one attached hydrogen (secondary N) is 1. The quantitative estimate of drug-likeness (QED) is 0.817. The highest BCUT2D eigenvalue weighted by Crippen LogP contribution is 2.34. The molecule has 0 aromatic carbocycles. The molecule has 3 heteroatoms. The Hall–Kier alpha value is -0.410. The number of hydrogen-bond donors (Lipinski definition) is 1. The van der Waals surface area contributed by atoms with Crippen LogP contribution in [0.15, 0.2) is 0 Å². The molecule has 3 nitrogen and oxygen atoms in total. The second kappa shape index (κ2) is 5.70. The van der Waals surface area contributed by atoms with Gasteiger partial charge in [-0.05, 0) is 20.3 Å². The normalized spacial score (nSPS) is 19.3. The second-order valence-corrected chi connectivity index (χ2v) is 7.13. The molecule has 18 heavy (non-hydrogen) atoms. The molecule has 1 aliphatic rings. The third-order valence-corrected chi connectivity index (χ3v) is 4.04. The molecule has 1 N–H and O–H groups in total. The first-order chi connectivity index (χ1) is 8.17. The number of Topliss-reactive ketones (excluding diaryl/α,β-unsaturated/α-hetero) is 1. The minimum absolute atomic E-state index is 0.0934. The van der Waals surface area contributed by atoms with Crippen LogP contribution in [-0.4, -0.2) is 42.4 Å². The topological polar surface area (TPSA) is 32.3 Å². The van der Waals surface area contributed by atoms with Crippen molar-refractivity contribution >= 4 is 5.78 Å². The molecule has 0 amide bonds. The average molecular weight is 254 g/mol. The van der Waals surface area contributed by atoms with E-state index in [4.69, 9.17) is 0 Å². The number of hydrogen-bond acceptors (Lipinski definition) is 3. The van der Waals surface area contributed by atoms with Crippen LogP contribution in [0.5, 0.6) is 0 Å². The van der Waals surface area contributed by atoms with E-state index in [-0.39, 0.29) is 16.9 Å². The first-order valence-electron chi connectivity index (χ1n) is 7.17. The molecule has 0 unspecified atom stereocenters. The minimum atomic E-state index is -0.234. The van der Waals surface area contributed by atoms with E-state index in [2.05, 4.69) is 37.9 Å². The van der Waals surface area contributed by atoms with Gasteiger partial charge in [-0.25, -0.2) is 0 Å². The lowest BCUT2D eigenvalue weighted by molar-refractivity contribution is -0.132. The SMILES string of the molecule is CC(C)C(=O)C(C)(C)CC(C)(C)N1CCNCC1. The molecule has 0 spiro atoms. The summed E-state index contributed by atoms with van der Waals surface area (Å²) < 4.78 is 0. The third kappa shape index (κ3) is 3.79. The minimum Gasteiger partial charge on any atom is -0.314 e. The zero-order chi connectivity index (χ0) is 14.0. The monoisotopic (exact) mass is 254 g/mol. The smallest absolute Gasteiger partial charge is 0.141 e. The van der Waals surface area contributed by atoms with Crippen LogP contribution in [0, 0.1) is 11.3 Å². The number of rotatable bonds is 5. The molecular formula is C15H30N2O. The molecule has 0 radical (unpaired) electrons. The maximum absolute atomic E-state index is 12.3. The van der Waals surface area contributed by atoms with Crippen molar-refractivity contribution in [1.82, 2.24) is 10.2 Å². The van der Waals surface area contributed by atoms with Crippen LogP contribution in [0.2, 0.25) is 0 Å². The Morgan fingerprint density at radius 1 is 1.17 bits per heavy atom. The fourth-order valence-corrected chi connectivity index (χ4v) is 3.33. The third-order valence-electron chi connectivity index (χ3n) is 4.04. The van der Waals surface area contributed by atoms with Crippen molar-refractivity contribution in [2.45, 2.75) is 53.5 Å². The molecule has 1 aliphatic heterocycles. The largest absolute Gasteiger partial charge is 0.314 e. The van der Waals surface area contributed by atoms with Crippen molar-refractivity contribution in [3.05, 3.63) is 0 Å². The first-order valence-corrected chi connectivity index (χ1v) is 7.17. The Morgan fingerprint density at radius 3 is 2.11 bits per heavy atom. The van der Waals surface area contributed by atoms with Gasteiger partial charge in [-0.2, -0.15) is 0 Å². The van der Waals surface area contributed by atoms with E-state index in [0.29, 0.717) is 5.78 Å². The summed E-state index contributed by atoms with van der Waals surface area (Å²) >= 11 is 0. The second-order valence-electron chi connectivity index (χ2n) is 7.13. The number of ketones is 1. The summed E-state index contributed by atoms with van der Waals surface area (Å²) in [6, 6.07) is 0. The number of carbonyl (C=O) groups is 1. The lowest BCUT2D eigenvalue weighted by Crippen LogP contribution is -2.55. The molecule has 0 bridgehead atoms. The van der Waals surface area contributed by atoms with Crippen LogP contribution in [0.25, 0.3) is 0 Å². The Morgan fingerprint density at radius 2 is 1.67 bits per heavy atom. The summed E-state index contributed by atoms with van der Waals surface area (Å²) in [7, 11) is 0. The van der Waals surface area contributed by atoms with Crippen molar-refractivity contribution < 1.29 is 4.79 Å².